The summed E-state index contributed by atoms with van der Waals surface area (Å²) in [5.41, 5.74) is 0.235. The van der Waals surface area contributed by atoms with E-state index in [0.29, 0.717) is 11.5 Å². The minimum Gasteiger partial charge on any atom is -0.493 e. The van der Waals surface area contributed by atoms with Crippen LogP contribution in [0.3, 0.4) is 0 Å². The summed E-state index contributed by atoms with van der Waals surface area (Å²) in [7, 11) is 1.49. The Balaban J connectivity index is 2.17. The van der Waals surface area contributed by atoms with Gasteiger partial charge in [0.2, 0.25) is 0 Å². The Morgan fingerprint density at radius 2 is 2.00 bits per heavy atom. The Bertz CT molecular complexity index is 491. The minimum absolute atomic E-state index is 0.171. The number of carbonyl (C=O) groups excluding carboxylic acids is 2. The van der Waals surface area contributed by atoms with E-state index in [0.717, 1.165) is 12.8 Å². The summed E-state index contributed by atoms with van der Waals surface area (Å²) in [6, 6.07) is 4.68. The first-order valence-electron chi connectivity index (χ1n) is 6.21. The lowest BCUT2D eigenvalue weighted by Gasteiger charge is -2.11. The van der Waals surface area contributed by atoms with Crippen LogP contribution in [0.15, 0.2) is 18.2 Å². The monoisotopic (exact) mass is 264 g/mol. The lowest BCUT2D eigenvalue weighted by molar-refractivity contribution is -0.137. The molecule has 102 valence electrons. The van der Waals surface area contributed by atoms with Crippen molar-refractivity contribution in [3.63, 3.8) is 0 Å². The fourth-order valence-electron chi connectivity index (χ4n) is 1.59. The van der Waals surface area contributed by atoms with Crippen LogP contribution in [0.4, 0.5) is 0 Å². The van der Waals surface area contributed by atoms with Crippen molar-refractivity contribution in [2.45, 2.75) is 25.9 Å². The van der Waals surface area contributed by atoms with Crippen LogP contribution in [0.25, 0.3) is 0 Å². The molecule has 19 heavy (non-hydrogen) atoms. The quantitative estimate of drug-likeness (QED) is 0.446. The van der Waals surface area contributed by atoms with E-state index in [4.69, 9.17) is 9.47 Å². The van der Waals surface area contributed by atoms with E-state index in [1.54, 1.807) is 19.1 Å². The molecular formula is C14H16O5. The van der Waals surface area contributed by atoms with Gasteiger partial charge in [0.15, 0.2) is 11.5 Å². The fourth-order valence-corrected chi connectivity index (χ4v) is 1.59. The number of ketones is 1. The van der Waals surface area contributed by atoms with E-state index in [9.17, 15) is 9.59 Å². The van der Waals surface area contributed by atoms with Gasteiger partial charge in [0, 0.05) is 5.56 Å². The molecule has 0 N–H and O–H groups in total. The van der Waals surface area contributed by atoms with Crippen molar-refractivity contribution in [2.24, 2.45) is 0 Å². The van der Waals surface area contributed by atoms with E-state index >= 15 is 0 Å². The molecule has 0 spiro atoms. The van der Waals surface area contributed by atoms with E-state index in [1.165, 1.54) is 13.2 Å². The minimum atomic E-state index is -0.861. The van der Waals surface area contributed by atoms with E-state index in [1.807, 2.05) is 0 Å². The number of benzene rings is 1. The van der Waals surface area contributed by atoms with Gasteiger partial charge in [-0.3, -0.25) is 4.79 Å². The summed E-state index contributed by atoms with van der Waals surface area (Å²) in [6.07, 6.45) is 2.31. The van der Waals surface area contributed by atoms with Gasteiger partial charge in [-0.2, -0.15) is 0 Å². The van der Waals surface area contributed by atoms with Crippen molar-refractivity contribution in [3.05, 3.63) is 23.8 Å². The van der Waals surface area contributed by atoms with Crippen LogP contribution in [0.5, 0.6) is 11.5 Å². The van der Waals surface area contributed by atoms with Crippen LogP contribution >= 0.6 is 0 Å². The highest BCUT2D eigenvalue weighted by atomic mass is 16.5. The molecule has 0 aliphatic heterocycles. The highest BCUT2D eigenvalue weighted by Gasteiger charge is 2.26. The molecule has 0 atom stereocenters. The van der Waals surface area contributed by atoms with Crippen LogP contribution in [0, 0.1) is 0 Å². The molecule has 0 radical (unpaired) electrons. The van der Waals surface area contributed by atoms with Crippen molar-refractivity contribution in [2.75, 3.05) is 13.7 Å². The number of rotatable bonds is 6. The molecular weight excluding hydrogens is 248 g/mol. The van der Waals surface area contributed by atoms with Gasteiger partial charge < -0.3 is 14.2 Å². The molecule has 0 aromatic heterocycles. The summed E-state index contributed by atoms with van der Waals surface area (Å²) < 4.78 is 15.5. The number of methoxy groups -OCH3 is 1. The summed E-state index contributed by atoms with van der Waals surface area (Å²) in [5, 5.41) is 0. The highest BCUT2D eigenvalue weighted by Crippen LogP contribution is 2.34. The number of ether oxygens (including phenoxy) is 3. The molecule has 2 rings (SSSR count). The smallest absolute Gasteiger partial charge is 0.379 e. The number of carbonyl (C=O) groups is 2. The van der Waals surface area contributed by atoms with Crippen LogP contribution in [-0.2, 0) is 9.53 Å². The molecule has 1 aliphatic rings. The number of hydrogen-bond donors (Lipinski definition) is 0. The molecule has 0 saturated heterocycles. The Labute approximate surface area is 111 Å². The van der Waals surface area contributed by atoms with Crippen molar-refractivity contribution >= 4 is 11.8 Å². The average Bonchev–Trinajstić information content (AvgIpc) is 3.22. The first-order valence-corrected chi connectivity index (χ1v) is 6.21. The highest BCUT2D eigenvalue weighted by molar-refractivity contribution is 6.40. The fraction of sp³-hybridized carbons (Fsp3) is 0.429. The first-order chi connectivity index (χ1) is 9.15. The largest absolute Gasteiger partial charge is 0.493 e. The Kier molecular flexibility index (Phi) is 4.04. The maximum absolute atomic E-state index is 11.8. The summed E-state index contributed by atoms with van der Waals surface area (Å²) in [4.78, 5) is 23.1. The van der Waals surface area contributed by atoms with Crippen LogP contribution in [0.1, 0.15) is 30.1 Å². The zero-order valence-corrected chi connectivity index (χ0v) is 11.0. The van der Waals surface area contributed by atoms with Crippen LogP contribution in [0.2, 0.25) is 0 Å². The van der Waals surface area contributed by atoms with Crippen molar-refractivity contribution in [3.8, 4) is 11.5 Å². The number of hydrogen-bond acceptors (Lipinski definition) is 5. The van der Waals surface area contributed by atoms with Crippen LogP contribution < -0.4 is 9.47 Å². The van der Waals surface area contributed by atoms with Gasteiger partial charge >= 0.3 is 5.97 Å². The molecule has 1 aromatic carbocycles. The number of Topliss-reactive ketones (excluding diaryl/α,β-unsaturated/α-hetero) is 1. The molecule has 0 amide bonds. The molecule has 1 aliphatic carbocycles. The van der Waals surface area contributed by atoms with Crippen LogP contribution in [-0.4, -0.2) is 31.6 Å². The zero-order valence-electron chi connectivity index (χ0n) is 11.0. The molecule has 5 nitrogen and oxygen atoms in total. The maximum atomic E-state index is 11.8. The SMILES string of the molecule is CCOC(=O)C(=O)c1ccc(OC2CC2)c(OC)c1. The molecule has 1 aromatic rings. The molecule has 0 unspecified atom stereocenters. The second kappa shape index (κ2) is 5.73. The molecule has 0 heterocycles. The van der Waals surface area contributed by atoms with Gasteiger partial charge in [-0.1, -0.05) is 0 Å². The van der Waals surface area contributed by atoms with Gasteiger partial charge in [-0.15, -0.1) is 0 Å². The van der Waals surface area contributed by atoms with E-state index in [-0.39, 0.29) is 18.3 Å². The van der Waals surface area contributed by atoms with E-state index < -0.39 is 11.8 Å². The predicted octanol–water partition coefficient (Wildman–Crippen LogP) is 1.98. The summed E-state index contributed by atoms with van der Waals surface area (Å²) in [5.74, 6) is -0.508. The van der Waals surface area contributed by atoms with Gasteiger partial charge in [0.05, 0.1) is 19.8 Å². The second-order valence-electron chi connectivity index (χ2n) is 4.23. The molecule has 5 heteroatoms. The van der Waals surface area contributed by atoms with Crippen molar-refractivity contribution in [1.82, 2.24) is 0 Å². The Morgan fingerprint density at radius 1 is 1.26 bits per heavy atom. The maximum Gasteiger partial charge on any atom is 0.379 e. The second-order valence-corrected chi connectivity index (χ2v) is 4.23. The third-order valence-electron chi connectivity index (χ3n) is 2.70. The Morgan fingerprint density at radius 3 is 2.58 bits per heavy atom. The van der Waals surface area contributed by atoms with Gasteiger partial charge in [-0.05, 0) is 38.0 Å². The van der Waals surface area contributed by atoms with Gasteiger partial charge in [0.25, 0.3) is 5.78 Å². The van der Waals surface area contributed by atoms with Crippen molar-refractivity contribution < 1.29 is 23.8 Å². The normalized spacial score (nSPS) is 13.8. The lowest BCUT2D eigenvalue weighted by Crippen LogP contribution is -2.17. The third-order valence-corrected chi connectivity index (χ3v) is 2.70. The predicted molar refractivity (Wildman–Crippen MR) is 67.6 cm³/mol. The molecule has 1 fully saturated rings. The Hall–Kier alpha value is -2.04. The van der Waals surface area contributed by atoms with Gasteiger partial charge in [-0.25, -0.2) is 4.79 Å². The summed E-state index contributed by atoms with van der Waals surface area (Å²) >= 11 is 0. The first kappa shape index (κ1) is 13.4. The van der Waals surface area contributed by atoms with E-state index in [2.05, 4.69) is 4.74 Å². The average molecular weight is 264 g/mol. The molecule has 0 bridgehead atoms. The summed E-state index contributed by atoms with van der Waals surface area (Å²) in [6.45, 7) is 1.82. The van der Waals surface area contributed by atoms with Gasteiger partial charge in [0.1, 0.15) is 0 Å². The topological polar surface area (TPSA) is 61.8 Å². The number of esters is 1. The van der Waals surface area contributed by atoms with Crippen molar-refractivity contribution in [1.29, 1.82) is 0 Å². The standard InChI is InChI=1S/C14H16O5/c1-3-18-14(16)13(15)9-4-7-11(12(8-9)17-2)19-10-5-6-10/h4,7-8,10H,3,5-6H2,1-2H3. The zero-order chi connectivity index (χ0) is 13.8. The lowest BCUT2D eigenvalue weighted by atomic mass is 10.1. The third kappa shape index (κ3) is 3.24. The molecule has 1 saturated carbocycles.